The first-order chi connectivity index (χ1) is 14.3. The van der Waals surface area contributed by atoms with Crippen molar-refractivity contribution in [2.24, 2.45) is 0 Å². The van der Waals surface area contributed by atoms with Gasteiger partial charge in [-0.3, -0.25) is 4.98 Å². The molecule has 2 aromatic heterocycles. The maximum atomic E-state index is 9.80. The topological polar surface area (TPSA) is 62.0 Å². The van der Waals surface area contributed by atoms with Gasteiger partial charge in [-0.1, -0.05) is 24.3 Å². The van der Waals surface area contributed by atoms with E-state index in [4.69, 9.17) is 4.74 Å². The van der Waals surface area contributed by atoms with Crippen LogP contribution < -0.4 is 9.64 Å². The summed E-state index contributed by atoms with van der Waals surface area (Å²) in [6, 6.07) is 24.1. The lowest BCUT2D eigenvalue weighted by Crippen LogP contribution is -2.22. The second-order valence-electron chi connectivity index (χ2n) is 6.58. The summed E-state index contributed by atoms with van der Waals surface area (Å²) in [4.78, 5) is 11.0. The lowest BCUT2D eigenvalue weighted by Gasteiger charge is -2.27. The average molecular weight is 380 g/mol. The zero-order chi connectivity index (χ0) is 20.1. The van der Waals surface area contributed by atoms with Gasteiger partial charge in [-0.15, -0.1) is 0 Å². The number of fused-ring (bicyclic) bond motifs is 1. The van der Waals surface area contributed by atoms with Crippen molar-refractivity contribution in [3.8, 4) is 11.8 Å². The molecule has 2 aromatic carbocycles. The molecule has 29 heavy (non-hydrogen) atoms. The molecule has 0 unspecified atom stereocenters. The number of hydrogen-bond donors (Lipinski definition) is 0. The van der Waals surface area contributed by atoms with Gasteiger partial charge in [-0.05, 0) is 42.5 Å². The van der Waals surface area contributed by atoms with Crippen LogP contribution in [0.3, 0.4) is 0 Å². The maximum absolute atomic E-state index is 9.80. The van der Waals surface area contributed by atoms with E-state index < -0.39 is 0 Å². The summed E-state index contributed by atoms with van der Waals surface area (Å²) in [6.07, 6.45) is 4.27. The molecule has 0 aliphatic rings. The molecule has 0 aliphatic heterocycles. The predicted molar refractivity (Wildman–Crippen MR) is 114 cm³/mol. The highest BCUT2D eigenvalue weighted by Crippen LogP contribution is 2.36. The smallest absolute Gasteiger partial charge is 0.164 e. The van der Waals surface area contributed by atoms with E-state index in [2.05, 4.69) is 20.9 Å². The van der Waals surface area contributed by atoms with Crippen molar-refractivity contribution in [1.82, 2.24) is 9.97 Å². The Bertz CT molecular complexity index is 1150. The minimum absolute atomic E-state index is 0.385. The standard InChI is InChI=1S/C24H20N4O/c1-29-21-11-10-18-17-27-23(16-25)24(22(18)15-21)28(20-8-3-2-4-9-20)14-12-19-7-5-6-13-26-19/h2-11,13,15,17H,12,14H2,1H3. The van der Waals surface area contributed by atoms with E-state index in [0.717, 1.165) is 40.0 Å². The van der Waals surface area contributed by atoms with Gasteiger partial charge in [-0.25, -0.2) is 4.98 Å². The summed E-state index contributed by atoms with van der Waals surface area (Å²) in [6.45, 7) is 0.660. The van der Waals surface area contributed by atoms with Crippen molar-refractivity contribution in [2.45, 2.75) is 6.42 Å². The molecule has 4 aromatic rings. The fraction of sp³-hybridized carbons (Fsp3) is 0.125. The first-order valence-electron chi connectivity index (χ1n) is 9.39. The molecule has 5 heteroatoms. The highest BCUT2D eigenvalue weighted by atomic mass is 16.5. The minimum atomic E-state index is 0.385. The van der Waals surface area contributed by atoms with Crippen LogP contribution in [-0.4, -0.2) is 23.6 Å². The molecule has 4 rings (SSSR count). The zero-order valence-corrected chi connectivity index (χ0v) is 16.1. The Morgan fingerprint density at radius 1 is 1.00 bits per heavy atom. The molecule has 0 bridgehead atoms. The van der Waals surface area contributed by atoms with Gasteiger partial charge in [-0.2, -0.15) is 5.26 Å². The van der Waals surface area contributed by atoms with Crippen molar-refractivity contribution in [1.29, 1.82) is 5.26 Å². The van der Waals surface area contributed by atoms with Crippen molar-refractivity contribution in [2.75, 3.05) is 18.6 Å². The van der Waals surface area contributed by atoms with E-state index in [1.165, 1.54) is 0 Å². The third-order valence-corrected chi connectivity index (χ3v) is 4.83. The number of anilines is 2. The largest absolute Gasteiger partial charge is 0.497 e. The molecule has 0 aliphatic carbocycles. The fourth-order valence-electron chi connectivity index (χ4n) is 3.41. The summed E-state index contributed by atoms with van der Waals surface area (Å²) in [5, 5.41) is 11.7. The maximum Gasteiger partial charge on any atom is 0.164 e. The van der Waals surface area contributed by atoms with Gasteiger partial charge in [0.25, 0.3) is 0 Å². The van der Waals surface area contributed by atoms with E-state index in [0.29, 0.717) is 12.2 Å². The van der Waals surface area contributed by atoms with E-state index in [1.54, 1.807) is 19.5 Å². The molecule has 142 valence electrons. The number of para-hydroxylation sites is 1. The number of methoxy groups -OCH3 is 1. The lowest BCUT2D eigenvalue weighted by atomic mass is 10.1. The van der Waals surface area contributed by atoms with E-state index in [-0.39, 0.29) is 0 Å². The van der Waals surface area contributed by atoms with Crippen LogP contribution in [0.4, 0.5) is 11.4 Å². The van der Waals surface area contributed by atoms with Gasteiger partial charge in [0.1, 0.15) is 11.8 Å². The average Bonchev–Trinajstić information content (AvgIpc) is 2.80. The van der Waals surface area contributed by atoms with E-state index in [1.807, 2.05) is 66.7 Å². The van der Waals surface area contributed by atoms with E-state index in [9.17, 15) is 5.26 Å². The number of pyridine rings is 2. The van der Waals surface area contributed by atoms with E-state index >= 15 is 0 Å². The molecule has 0 spiro atoms. The highest BCUT2D eigenvalue weighted by Gasteiger charge is 2.19. The molecular formula is C24H20N4O. The number of aromatic nitrogens is 2. The van der Waals surface area contributed by atoms with Crippen LogP contribution in [0.25, 0.3) is 10.8 Å². The SMILES string of the molecule is COc1ccc2cnc(C#N)c(N(CCc3ccccn3)c3ccccc3)c2c1. The second kappa shape index (κ2) is 8.41. The van der Waals surface area contributed by atoms with Gasteiger partial charge in [0.2, 0.25) is 0 Å². The second-order valence-corrected chi connectivity index (χ2v) is 6.58. The Balaban J connectivity index is 1.87. The molecule has 0 radical (unpaired) electrons. The predicted octanol–water partition coefficient (Wildman–Crippen LogP) is 4.89. The Morgan fingerprint density at radius 2 is 1.83 bits per heavy atom. The molecule has 5 nitrogen and oxygen atoms in total. The van der Waals surface area contributed by atoms with Crippen molar-refractivity contribution >= 4 is 22.1 Å². The van der Waals surface area contributed by atoms with Crippen LogP contribution in [0.15, 0.2) is 79.1 Å². The van der Waals surface area contributed by atoms with Crippen molar-refractivity contribution in [3.05, 3.63) is 90.5 Å². The summed E-state index contributed by atoms with van der Waals surface area (Å²) < 4.78 is 5.43. The number of ether oxygens (including phenoxy) is 1. The van der Waals surface area contributed by atoms with Crippen LogP contribution in [0.5, 0.6) is 5.75 Å². The van der Waals surface area contributed by atoms with Crippen molar-refractivity contribution < 1.29 is 4.74 Å². The fourth-order valence-corrected chi connectivity index (χ4v) is 3.41. The van der Waals surface area contributed by atoms with Gasteiger partial charge in [0.15, 0.2) is 5.69 Å². The van der Waals surface area contributed by atoms with Crippen LogP contribution in [0.1, 0.15) is 11.4 Å². The third-order valence-electron chi connectivity index (χ3n) is 4.83. The number of hydrogen-bond acceptors (Lipinski definition) is 5. The Morgan fingerprint density at radius 3 is 2.55 bits per heavy atom. The number of nitrogens with zero attached hydrogens (tertiary/aromatic N) is 4. The minimum Gasteiger partial charge on any atom is -0.497 e. The molecular weight excluding hydrogens is 360 g/mol. The quantitative estimate of drug-likeness (QED) is 0.476. The van der Waals surface area contributed by atoms with Gasteiger partial charge in [0, 0.05) is 47.5 Å². The number of nitriles is 1. The zero-order valence-electron chi connectivity index (χ0n) is 16.1. The highest BCUT2D eigenvalue weighted by molar-refractivity contribution is 5.98. The lowest BCUT2D eigenvalue weighted by molar-refractivity contribution is 0.415. The van der Waals surface area contributed by atoms with Crippen LogP contribution >= 0.6 is 0 Å². The van der Waals surface area contributed by atoms with Gasteiger partial charge >= 0.3 is 0 Å². The van der Waals surface area contributed by atoms with Crippen LogP contribution in [0.2, 0.25) is 0 Å². The summed E-state index contributed by atoms with van der Waals surface area (Å²) in [7, 11) is 1.64. The summed E-state index contributed by atoms with van der Waals surface area (Å²) >= 11 is 0. The molecule has 0 atom stereocenters. The first-order valence-corrected chi connectivity index (χ1v) is 9.39. The molecule has 0 amide bonds. The molecule has 0 N–H and O–H groups in total. The van der Waals surface area contributed by atoms with Crippen LogP contribution in [0, 0.1) is 11.3 Å². The molecule has 2 heterocycles. The third kappa shape index (κ3) is 3.87. The van der Waals surface area contributed by atoms with Gasteiger partial charge < -0.3 is 9.64 Å². The van der Waals surface area contributed by atoms with Gasteiger partial charge in [0.05, 0.1) is 12.8 Å². The summed E-state index contributed by atoms with van der Waals surface area (Å²) in [5.74, 6) is 0.742. The number of rotatable bonds is 6. The number of benzene rings is 2. The monoisotopic (exact) mass is 380 g/mol. The molecule has 0 saturated carbocycles. The van der Waals surface area contributed by atoms with Crippen LogP contribution in [-0.2, 0) is 6.42 Å². The Hall–Kier alpha value is -3.91. The van der Waals surface area contributed by atoms with Crippen molar-refractivity contribution in [3.63, 3.8) is 0 Å². The first kappa shape index (κ1) is 18.5. The molecule has 0 saturated heterocycles. The summed E-state index contributed by atoms with van der Waals surface area (Å²) in [5.41, 5.74) is 3.16. The molecule has 0 fully saturated rings. The Kier molecular flexibility index (Phi) is 5.35. The normalized spacial score (nSPS) is 10.5. The Labute approximate surface area is 169 Å².